The van der Waals surface area contributed by atoms with Crippen molar-refractivity contribution in [1.82, 2.24) is 0 Å². The van der Waals surface area contributed by atoms with E-state index in [2.05, 4.69) is 30.7 Å². The second-order valence-electron chi connectivity index (χ2n) is 5.59. The number of pyridine rings is 1. The van der Waals surface area contributed by atoms with Crippen molar-refractivity contribution < 1.29 is 9.36 Å². The predicted molar refractivity (Wildman–Crippen MR) is 72.5 cm³/mol. The topological polar surface area (TPSA) is 24.2 Å². The van der Waals surface area contributed by atoms with Crippen LogP contribution in [-0.4, -0.2) is 12.5 Å². The third-order valence-electron chi connectivity index (χ3n) is 3.51. The van der Waals surface area contributed by atoms with Gasteiger partial charge in [-0.1, -0.05) is 13.8 Å². The van der Waals surface area contributed by atoms with Gasteiger partial charge in [-0.05, 0) is 26.3 Å². The minimum Gasteiger partial charge on any atom is -0.307 e. The Morgan fingerprint density at radius 3 is 2.67 bits per heavy atom. The SMILES string of the molecule is CC(C)C(=O)N1CCCc2c1ccc[n+]2C(C)C. The molecule has 3 heteroatoms. The zero-order chi connectivity index (χ0) is 13.3. The second-order valence-corrected chi connectivity index (χ2v) is 5.59. The summed E-state index contributed by atoms with van der Waals surface area (Å²) in [4.78, 5) is 14.2. The molecule has 1 aromatic heterocycles. The van der Waals surface area contributed by atoms with Crippen LogP contribution >= 0.6 is 0 Å². The highest BCUT2D eigenvalue weighted by Crippen LogP contribution is 2.26. The van der Waals surface area contributed by atoms with E-state index in [9.17, 15) is 4.79 Å². The number of hydrogen-bond acceptors (Lipinski definition) is 1. The maximum atomic E-state index is 12.3. The molecule has 1 aromatic rings. The molecular formula is C15H23N2O+. The van der Waals surface area contributed by atoms with E-state index in [0.29, 0.717) is 6.04 Å². The van der Waals surface area contributed by atoms with Gasteiger partial charge in [0.25, 0.3) is 0 Å². The van der Waals surface area contributed by atoms with Crippen LogP contribution in [0.1, 0.15) is 45.9 Å². The van der Waals surface area contributed by atoms with Crippen LogP contribution in [0.2, 0.25) is 0 Å². The van der Waals surface area contributed by atoms with Crippen molar-refractivity contribution in [1.29, 1.82) is 0 Å². The fourth-order valence-electron chi connectivity index (χ4n) is 2.60. The average molecular weight is 247 g/mol. The molecule has 3 nitrogen and oxygen atoms in total. The fourth-order valence-corrected chi connectivity index (χ4v) is 2.60. The summed E-state index contributed by atoms with van der Waals surface area (Å²) in [6.45, 7) is 9.16. The van der Waals surface area contributed by atoms with E-state index in [1.165, 1.54) is 5.69 Å². The minimum atomic E-state index is 0.0589. The van der Waals surface area contributed by atoms with Gasteiger partial charge in [0.15, 0.2) is 12.2 Å². The Bertz CT molecular complexity index is 452. The summed E-state index contributed by atoms with van der Waals surface area (Å²) in [7, 11) is 0. The normalized spacial score (nSPS) is 15.1. The van der Waals surface area contributed by atoms with Gasteiger partial charge in [0.1, 0.15) is 5.69 Å². The molecular weight excluding hydrogens is 224 g/mol. The van der Waals surface area contributed by atoms with Gasteiger partial charge in [0.05, 0.1) is 0 Å². The number of nitrogens with zero attached hydrogens (tertiary/aromatic N) is 2. The Kier molecular flexibility index (Phi) is 3.69. The lowest BCUT2D eigenvalue weighted by Gasteiger charge is -2.29. The molecule has 0 spiro atoms. The van der Waals surface area contributed by atoms with Crippen LogP contribution in [0.4, 0.5) is 5.69 Å². The summed E-state index contributed by atoms with van der Waals surface area (Å²) < 4.78 is 2.29. The van der Waals surface area contributed by atoms with E-state index in [4.69, 9.17) is 0 Å². The molecule has 1 aliphatic rings. The molecule has 0 aromatic carbocycles. The van der Waals surface area contributed by atoms with Crippen LogP contribution in [-0.2, 0) is 11.2 Å². The van der Waals surface area contributed by atoms with Crippen molar-refractivity contribution in [3.8, 4) is 0 Å². The monoisotopic (exact) mass is 247 g/mol. The number of amides is 1. The Hall–Kier alpha value is -1.38. The van der Waals surface area contributed by atoms with E-state index in [-0.39, 0.29) is 11.8 Å². The molecule has 0 saturated heterocycles. The van der Waals surface area contributed by atoms with Crippen molar-refractivity contribution in [3.63, 3.8) is 0 Å². The van der Waals surface area contributed by atoms with E-state index < -0.39 is 0 Å². The molecule has 0 saturated carbocycles. The number of carbonyl (C=O) groups excluding carboxylic acids is 1. The van der Waals surface area contributed by atoms with Crippen molar-refractivity contribution in [3.05, 3.63) is 24.0 Å². The van der Waals surface area contributed by atoms with E-state index in [1.807, 2.05) is 24.8 Å². The van der Waals surface area contributed by atoms with Gasteiger partial charge in [-0.2, -0.15) is 4.57 Å². The zero-order valence-electron chi connectivity index (χ0n) is 11.8. The Morgan fingerprint density at radius 1 is 1.33 bits per heavy atom. The zero-order valence-corrected chi connectivity index (χ0v) is 11.8. The first-order chi connectivity index (χ1) is 8.52. The Morgan fingerprint density at radius 2 is 2.06 bits per heavy atom. The lowest BCUT2D eigenvalue weighted by Crippen LogP contribution is -2.47. The third-order valence-corrected chi connectivity index (χ3v) is 3.51. The highest BCUT2D eigenvalue weighted by Gasteiger charge is 2.30. The minimum absolute atomic E-state index is 0.0589. The fraction of sp³-hybridized carbons (Fsp3) is 0.600. The van der Waals surface area contributed by atoms with Gasteiger partial charge in [-0.3, -0.25) is 4.79 Å². The summed E-state index contributed by atoms with van der Waals surface area (Å²) in [6, 6.07) is 4.56. The summed E-state index contributed by atoms with van der Waals surface area (Å²) in [6.07, 6.45) is 4.24. The maximum Gasteiger partial charge on any atom is 0.229 e. The molecule has 0 radical (unpaired) electrons. The van der Waals surface area contributed by atoms with Crippen LogP contribution in [0.3, 0.4) is 0 Å². The lowest BCUT2D eigenvalue weighted by molar-refractivity contribution is -0.722. The van der Waals surface area contributed by atoms with E-state index in [1.54, 1.807) is 0 Å². The number of aromatic nitrogens is 1. The molecule has 0 atom stereocenters. The van der Waals surface area contributed by atoms with Gasteiger partial charge in [0.2, 0.25) is 11.6 Å². The Labute approximate surface area is 109 Å². The van der Waals surface area contributed by atoms with Crippen LogP contribution in [0.5, 0.6) is 0 Å². The molecule has 18 heavy (non-hydrogen) atoms. The molecule has 1 aliphatic heterocycles. The van der Waals surface area contributed by atoms with Crippen LogP contribution in [0, 0.1) is 5.92 Å². The van der Waals surface area contributed by atoms with Gasteiger partial charge in [-0.25, -0.2) is 0 Å². The average Bonchev–Trinajstić information content (AvgIpc) is 2.36. The predicted octanol–water partition coefficient (Wildman–Crippen LogP) is 2.49. The van der Waals surface area contributed by atoms with Gasteiger partial charge in [-0.15, -0.1) is 0 Å². The molecule has 2 rings (SSSR count). The van der Waals surface area contributed by atoms with Gasteiger partial charge >= 0.3 is 0 Å². The van der Waals surface area contributed by atoms with Crippen molar-refractivity contribution >= 4 is 11.6 Å². The molecule has 0 fully saturated rings. The van der Waals surface area contributed by atoms with Crippen LogP contribution < -0.4 is 9.47 Å². The van der Waals surface area contributed by atoms with E-state index >= 15 is 0 Å². The molecule has 0 N–H and O–H groups in total. The molecule has 2 heterocycles. The summed E-state index contributed by atoms with van der Waals surface area (Å²) in [5.41, 5.74) is 2.41. The maximum absolute atomic E-state index is 12.3. The lowest BCUT2D eigenvalue weighted by atomic mass is 10.0. The molecule has 0 unspecified atom stereocenters. The molecule has 0 bridgehead atoms. The summed E-state index contributed by atoms with van der Waals surface area (Å²) >= 11 is 0. The summed E-state index contributed by atoms with van der Waals surface area (Å²) in [5.74, 6) is 0.293. The number of fused-ring (bicyclic) bond motifs is 1. The standard InChI is InChI=1S/C15H23N2O/c1-11(2)15(18)17-10-6-7-13-14(17)8-5-9-16(13)12(3)4/h5,8-9,11-12H,6-7,10H2,1-4H3/q+1. The third kappa shape index (κ3) is 2.26. The summed E-state index contributed by atoms with van der Waals surface area (Å²) in [5, 5.41) is 0. The van der Waals surface area contributed by atoms with Crippen LogP contribution in [0.25, 0.3) is 0 Å². The number of rotatable bonds is 2. The number of carbonyl (C=O) groups is 1. The first kappa shape index (κ1) is 13.1. The highest BCUT2D eigenvalue weighted by atomic mass is 16.2. The number of hydrogen-bond donors (Lipinski definition) is 0. The molecule has 0 aliphatic carbocycles. The number of anilines is 1. The second kappa shape index (κ2) is 5.09. The van der Waals surface area contributed by atoms with Crippen molar-refractivity contribution in [2.75, 3.05) is 11.4 Å². The van der Waals surface area contributed by atoms with Crippen molar-refractivity contribution in [2.24, 2.45) is 5.92 Å². The van der Waals surface area contributed by atoms with Crippen LogP contribution in [0.15, 0.2) is 18.3 Å². The highest BCUT2D eigenvalue weighted by molar-refractivity contribution is 5.95. The van der Waals surface area contributed by atoms with Gasteiger partial charge in [0, 0.05) is 24.9 Å². The van der Waals surface area contributed by atoms with E-state index in [0.717, 1.165) is 25.1 Å². The first-order valence-corrected chi connectivity index (χ1v) is 6.86. The van der Waals surface area contributed by atoms with Crippen molar-refractivity contribution in [2.45, 2.75) is 46.6 Å². The largest absolute Gasteiger partial charge is 0.307 e. The Balaban J connectivity index is 2.44. The smallest absolute Gasteiger partial charge is 0.229 e. The quantitative estimate of drug-likeness (QED) is 0.737. The molecule has 1 amide bonds. The molecule has 98 valence electrons. The van der Waals surface area contributed by atoms with Gasteiger partial charge < -0.3 is 4.90 Å². The first-order valence-electron chi connectivity index (χ1n) is 6.86.